The van der Waals surface area contributed by atoms with E-state index < -0.39 is 37.3 Å². The lowest BCUT2D eigenvalue weighted by molar-refractivity contribution is -0.277. The minimum absolute atomic E-state index is 0.486. The van der Waals surface area contributed by atoms with Gasteiger partial charge in [-0.15, -0.1) is 0 Å². The van der Waals surface area contributed by atoms with E-state index in [4.69, 9.17) is 9.47 Å². The van der Waals surface area contributed by atoms with Crippen LogP contribution in [0.25, 0.3) is 0 Å². The van der Waals surface area contributed by atoms with Crippen LogP contribution in [0.5, 0.6) is 5.75 Å². The van der Waals surface area contributed by atoms with E-state index in [1.807, 2.05) is 36.4 Å². The fourth-order valence-corrected chi connectivity index (χ4v) is 3.04. The van der Waals surface area contributed by atoms with Gasteiger partial charge in [-0.2, -0.15) is 0 Å². The number of ether oxygens (including phenoxy) is 2. The summed E-state index contributed by atoms with van der Waals surface area (Å²) in [6, 6.07) is 17.5. The minimum Gasteiger partial charge on any atom is -0.462 e. The predicted molar refractivity (Wildman–Crippen MR) is 94.7 cm³/mol. The van der Waals surface area contributed by atoms with Gasteiger partial charge in [0.05, 0.1) is 6.61 Å². The lowest BCUT2D eigenvalue weighted by Crippen LogP contribution is -2.60. The first kappa shape index (κ1) is 18.8. The smallest absolute Gasteiger partial charge is 0.229 e. The summed E-state index contributed by atoms with van der Waals surface area (Å²) in [5.74, 6) is 0.535. The maximum atomic E-state index is 10.1. The Bertz CT molecular complexity index is 690. The Hall–Kier alpha value is -1.96. The molecule has 0 aromatic heterocycles. The molecule has 1 aliphatic rings. The van der Waals surface area contributed by atoms with Crippen LogP contribution in [0.2, 0.25) is 0 Å². The molecule has 4 N–H and O–H groups in total. The number of aliphatic hydroxyl groups excluding tert-OH is 4. The Kier molecular flexibility index (Phi) is 6.24. The van der Waals surface area contributed by atoms with Crippen molar-refractivity contribution in [2.24, 2.45) is 0 Å². The number of hydrogen-bond donors (Lipinski definition) is 4. The van der Waals surface area contributed by atoms with E-state index in [2.05, 4.69) is 12.1 Å². The van der Waals surface area contributed by atoms with Gasteiger partial charge in [0.15, 0.2) is 0 Å². The zero-order chi connectivity index (χ0) is 18.5. The van der Waals surface area contributed by atoms with Gasteiger partial charge < -0.3 is 29.9 Å². The molecule has 1 heterocycles. The lowest BCUT2D eigenvalue weighted by atomic mass is 9.99. The standard InChI is InChI=1S/C20H24O6/c21-12-16-17(22)18(23)19(24)20(26-16)25-15-9-5-4-8-14(15)11-10-13-6-2-1-3-7-13/h1-9,16-24H,10-12H2/t16-,17-,18+,19-,20-/m1/s1. The van der Waals surface area contributed by atoms with Crippen molar-refractivity contribution in [1.82, 2.24) is 0 Å². The molecule has 1 aliphatic heterocycles. The highest BCUT2D eigenvalue weighted by Gasteiger charge is 2.44. The summed E-state index contributed by atoms with van der Waals surface area (Å²) in [6.07, 6.45) is -4.88. The minimum atomic E-state index is -1.46. The Morgan fingerprint density at radius 1 is 0.808 bits per heavy atom. The maximum Gasteiger partial charge on any atom is 0.229 e. The molecular weight excluding hydrogens is 336 g/mol. The lowest BCUT2D eigenvalue weighted by Gasteiger charge is -2.39. The SMILES string of the molecule is OC[C@H]1O[C@@H](Oc2ccccc2CCc2ccccc2)[C@H](O)[C@@H](O)[C@@H]1O. The normalized spacial score (nSPS) is 28.7. The highest BCUT2D eigenvalue weighted by atomic mass is 16.7. The fraction of sp³-hybridized carbons (Fsp3) is 0.400. The number of benzene rings is 2. The van der Waals surface area contributed by atoms with Crippen LogP contribution in [0.15, 0.2) is 54.6 Å². The molecule has 6 heteroatoms. The molecule has 0 aliphatic carbocycles. The van der Waals surface area contributed by atoms with E-state index in [-0.39, 0.29) is 0 Å². The third-order valence-corrected chi connectivity index (χ3v) is 4.59. The van der Waals surface area contributed by atoms with Crippen molar-refractivity contribution in [3.05, 3.63) is 65.7 Å². The molecule has 26 heavy (non-hydrogen) atoms. The van der Waals surface area contributed by atoms with Crippen molar-refractivity contribution in [3.63, 3.8) is 0 Å². The largest absolute Gasteiger partial charge is 0.462 e. The number of aliphatic hydroxyl groups is 4. The summed E-state index contributed by atoms with van der Waals surface area (Å²) in [5, 5.41) is 39.2. The van der Waals surface area contributed by atoms with Crippen LogP contribution in [0.1, 0.15) is 11.1 Å². The van der Waals surface area contributed by atoms with Gasteiger partial charge in [-0.25, -0.2) is 0 Å². The predicted octanol–water partition coefficient (Wildman–Crippen LogP) is 0.650. The van der Waals surface area contributed by atoms with E-state index in [0.29, 0.717) is 5.75 Å². The first-order valence-electron chi connectivity index (χ1n) is 8.69. The zero-order valence-electron chi connectivity index (χ0n) is 14.3. The van der Waals surface area contributed by atoms with Crippen LogP contribution in [-0.4, -0.2) is 57.7 Å². The molecule has 5 atom stereocenters. The van der Waals surface area contributed by atoms with Crippen molar-refractivity contribution in [1.29, 1.82) is 0 Å². The quantitative estimate of drug-likeness (QED) is 0.604. The molecule has 0 spiro atoms. The molecule has 3 rings (SSSR count). The average Bonchev–Trinajstić information content (AvgIpc) is 2.68. The highest BCUT2D eigenvalue weighted by Crippen LogP contribution is 2.27. The maximum absolute atomic E-state index is 10.1. The molecule has 0 saturated carbocycles. The average molecular weight is 360 g/mol. The van der Waals surface area contributed by atoms with Crippen molar-refractivity contribution in [2.75, 3.05) is 6.61 Å². The summed E-state index contributed by atoms with van der Waals surface area (Å²) < 4.78 is 11.2. The molecule has 6 nitrogen and oxygen atoms in total. The Balaban J connectivity index is 1.71. The number of rotatable bonds is 6. The highest BCUT2D eigenvalue weighted by molar-refractivity contribution is 5.34. The number of aryl methyl sites for hydroxylation is 2. The molecule has 2 aromatic rings. The van der Waals surface area contributed by atoms with E-state index in [1.165, 1.54) is 5.56 Å². The summed E-state index contributed by atoms with van der Waals surface area (Å²) in [4.78, 5) is 0. The van der Waals surface area contributed by atoms with Crippen LogP contribution in [-0.2, 0) is 17.6 Å². The van der Waals surface area contributed by atoms with Gasteiger partial charge in [0.25, 0.3) is 0 Å². The van der Waals surface area contributed by atoms with Crippen LogP contribution in [0.3, 0.4) is 0 Å². The monoisotopic (exact) mass is 360 g/mol. The van der Waals surface area contributed by atoms with Crippen molar-refractivity contribution in [3.8, 4) is 5.75 Å². The van der Waals surface area contributed by atoms with E-state index in [0.717, 1.165) is 18.4 Å². The van der Waals surface area contributed by atoms with Crippen molar-refractivity contribution < 1.29 is 29.9 Å². The Labute approximate surface area is 152 Å². The van der Waals surface area contributed by atoms with Gasteiger partial charge >= 0.3 is 0 Å². The Morgan fingerprint density at radius 3 is 2.23 bits per heavy atom. The molecule has 0 unspecified atom stereocenters. The summed E-state index contributed by atoms with van der Waals surface area (Å²) in [5.41, 5.74) is 2.14. The van der Waals surface area contributed by atoms with Gasteiger partial charge in [-0.3, -0.25) is 0 Å². The van der Waals surface area contributed by atoms with Gasteiger partial charge in [0.1, 0.15) is 30.2 Å². The second-order valence-corrected chi connectivity index (χ2v) is 6.41. The Morgan fingerprint density at radius 2 is 1.50 bits per heavy atom. The van der Waals surface area contributed by atoms with Crippen LogP contribution < -0.4 is 4.74 Å². The number of hydrogen-bond acceptors (Lipinski definition) is 6. The third-order valence-electron chi connectivity index (χ3n) is 4.59. The molecule has 0 radical (unpaired) electrons. The molecule has 2 aromatic carbocycles. The van der Waals surface area contributed by atoms with E-state index >= 15 is 0 Å². The third kappa shape index (κ3) is 4.23. The second kappa shape index (κ2) is 8.62. The molecule has 140 valence electrons. The van der Waals surface area contributed by atoms with Crippen molar-refractivity contribution in [2.45, 2.75) is 43.5 Å². The van der Waals surface area contributed by atoms with Crippen molar-refractivity contribution >= 4 is 0 Å². The van der Waals surface area contributed by atoms with Gasteiger partial charge in [-0.05, 0) is 30.0 Å². The van der Waals surface area contributed by atoms with E-state index in [9.17, 15) is 20.4 Å². The summed E-state index contributed by atoms with van der Waals surface area (Å²) in [6.45, 7) is -0.486. The first-order valence-corrected chi connectivity index (χ1v) is 8.69. The summed E-state index contributed by atoms with van der Waals surface area (Å²) >= 11 is 0. The molecule has 0 bridgehead atoms. The topological polar surface area (TPSA) is 99.4 Å². The van der Waals surface area contributed by atoms with Crippen LogP contribution >= 0.6 is 0 Å². The van der Waals surface area contributed by atoms with Crippen LogP contribution in [0, 0.1) is 0 Å². The van der Waals surface area contributed by atoms with Gasteiger partial charge in [0.2, 0.25) is 6.29 Å². The van der Waals surface area contributed by atoms with Gasteiger partial charge in [-0.1, -0.05) is 48.5 Å². The molecule has 0 amide bonds. The van der Waals surface area contributed by atoms with E-state index in [1.54, 1.807) is 6.07 Å². The van der Waals surface area contributed by atoms with Gasteiger partial charge in [0, 0.05) is 0 Å². The van der Waals surface area contributed by atoms with Crippen LogP contribution in [0.4, 0.5) is 0 Å². The molecular formula is C20H24O6. The first-order chi connectivity index (χ1) is 12.6. The fourth-order valence-electron chi connectivity index (χ4n) is 3.04. The molecule has 1 saturated heterocycles. The second-order valence-electron chi connectivity index (χ2n) is 6.41. The zero-order valence-corrected chi connectivity index (χ0v) is 14.3. The summed E-state index contributed by atoms with van der Waals surface area (Å²) in [7, 11) is 0. The molecule has 1 fully saturated rings. The number of para-hydroxylation sites is 1.